The monoisotopic (exact) mass is 310 g/mol. The molecule has 0 bridgehead atoms. The Bertz CT molecular complexity index is 585. The standard InChI is InChI=1S/C21H26O2/c1-2-20(21(22)19-12-14-23-15-13-19)18-10-8-17(9-11-18)16-6-4-3-5-7-16/h3-11,19-22H,2,12-15H2,1H3. The molecule has 23 heavy (non-hydrogen) atoms. The highest BCUT2D eigenvalue weighted by atomic mass is 16.5. The molecule has 3 rings (SSSR count). The SMILES string of the molecule is CCC(c1ccc(-c2ccccc2)cc1)C(O)C1CCOCC1. The van der Waals surface area contributed by atoms with Crippen molar-refractivity contribution in [3.05, 3.63) is 60.2 Å². The van der Waals surface area contributed by atoms with Gasteiger partial charge in [0.05, 0.1) is 6.10 Å². The normalized spacial score (nSPS) is 18.5. The lowest BCUT2D eigenvalue weighted by molar-refractivity contribution is -0.00361. The van der Waals surface area contributed by atoms with Gasteiger partial charge in [0.2, 0.25) is 0 Å². The van der Waals surface area contributed by atoms with E-state index in [1.807, 2.05) is 6.07 Å². The van der Waals surface area contributed by atoms with Gasteiger partial charge in [0.25, 0.3) is 0 Å². The molecule has 0 saturated carbocycles. The topological polar surface area (TPSA) is 29.5 Å². The second-order valence-electron chi connectivity index (χ2n) is 6.44. The lowest BCUT2D eigenvalue weighted by Crippen LogP contribution is -2.32. The second kappa shape index (κ2) is 7.76. The van der Waals surface area contributed by atoms with Crippen LogP contribution >= 0.6 is 0 Å². The summed E-state index contributed by atoms with van der Waals surface area (Å²) in [6, 6.07) is 19.1. The number of aliphatic hydroxyl groups excluding tert-OH is 1. The van der Waals surface area contributed by atoms with Crippen LogP contribution in [-0.2, 0) is 4.74 Å². The van der Waals surface area contributed by atoms with E-state index in [0.29, 0.717) is 5.92 Å². The number of hydrogen-bond acceptors (Lipinski definition) is 2. The van der Waals surface area contributed by atoms with Crippen molar-refractivity contribution in [3.8, 4) is 11.1 Å². The smallest absolute Gasteiger partial charge is 0.0638 e. The maximum Gasteiger partial charge on any atom is 0.0638 e. The van der Waals surface area contributed by atoms with Crippen LogP contribution in [0.15, 0.2) is 54.6 Å². The van der Waals surface area contributed by atoms with Crippen molar-refractivity contribution < 1.29 is 9.84 Å². The van der Waals surface area contributed by atoms with Crippen LogP contribution in [0.3, 0.4) is 0 Å². The Hall–Kier alpha value is -1.64. The van der Waals surface area contributed by atoms with E-state index in [0.717, 1.165) is 32.5 Å². The fourth-order valence-electron chi connectivity index (χ4n) is 3.61. The number of hydrogen-bond donors (Lipinski definition) is 1. The summed E-state index contributed by atoms with van der Waals surface area (Å²) in [5, 5.41) is 10.8. The Balaban J connectivity index is 1.76. The maximum atomic E-state index is 10.8. The van der Waals surface area contributed by atoms with Gasteiger partial charge in [-0.25, -0.2) is 0 Å². The van der Waals surface area contributed by atoms with Crippen molar-refractivity contribution in [3.63, 3.8) is 0 Å². The average molecular weight is 310 g/mol. The highest BCUT2D eigenvalue weighted by Gasteiger charge is 2.29. The highest BCUT2D eigenvalue weighted by molar-refractivity contribution is 5.63. The van der Waals surface area contributed by atoms with Crippen LogP contribution < -0.4 is 0 Å². The second-order valence-corrected chi connectivity index (χ2v) is 6.44. The maximum absolute atomic E-state index is 10.8. The molecule has 0 amide bonds. The molecule has 0 spiro atoms. The number of aliphatic hydroxyl groups is 1. The van der Waals surface area contributed by atoms with E-state index in [-0.39, 0.29) is 12.0 Å². The van der Waals surface area contributed by atoms with Crippen molar-refractivity contribution >= 4 is 0 Å². The number of ether oxygens (including phenoxy) is 1. The van der Waals surface area contributed by atoms with Gasteiger partial charge in [-0.15, -0.1) is 0 Å². The van der Waals surface area contributed by atoms with Crippen molar-refractivity contribution in [2.24, 2.45) is 5.92 Å². The van der Waals surface area contributed by atoms with Crippen LogP contribution in [0.1, 0.15) is 37.7 Å². The van der Waals surface area contributed by atoms with E-state index < -0.39 is 0 Å². The van der Waals surface area contributed by atoms with Gasteiger partial charge < -0.3 is 9.84 Å². The Morgan fingerprint density at radius 1 is 0.957 bits per heavy atom. The van der Waals surface area contributed by atoms with Gasteiger partial charge in [0.1, 0.15) is 0 Å². The molecule has 1 aliphatic rings. The minimum absolute atomic E-state index is 0.211. The Morgan fingerprint density at radius 2 is 1.57 bits per heavy atom. The Labute approximate surface area is 139 Å². The summed E-state index contributed by atoms with van der Waals surface area (Å²) in [7, 11) is 0. The minimum Gasteiger partial charge on any atom is -0.392 e. The summed E-state index contributed by atoms with van der Waals surface area (Å²) in [6.07, 6.45) is 2.63. The van der Waals surface area contributed by atoms with E-state index in [2.05, 4.69) is 55.5 Å². The molecule has 2 atom stereocenters. The Morgan fingerprint density at radius 3 is 2.17 bits per heavy atom. The third-order valence-corrected chi connectivity index (χ3v) is 5.05. The molecule has 2 aromatic rings. The molecule has 0 radical (unpaired) electrons. The van der Waals surface area contributed by atoms with Gasteiger partial charge in [0.15, 0.2) is 0 Å². The average Bonchev–Trinajstić information content (AvgIpc) is 2.64. The van der Waals surface area contributed by atoms with Gasteiger partial charge in [-0.05, 0) is 41.9 Å². The first kappa shape index (κ1) is 16.2. The predicted octanol–water partition coefficient (Wildman–Crippen LogP) is 4.63. The number of rotatable bonds is 5. The molecular weight excluding hydrogens is 284 g/mol. The van der Waals surface area contributed by atoms with E-state index in [1.54, 1.807) is 0 Å². The summed E-state index contributed by atoms with van der Waals surface area (Å²) >= 11 is 0. The largest absolute Gasteiger partial charge is 0.392 e. The fourth-order valence-corrected chi connectivity index (χ4v) is 3.61. The molecule has 1 saturated heterocycles. The third-order valence-electron chi connectivity index (χ3n) is 5.05. The molecular formula is C21H26O2. The third kappa shape index (κ3) is 3.82. The molecule has 0 aromatic heterocycles. The molecule has 2 unspecified atom stereocenters. The van der Waals surface area contributed by atoms with Crippen molar-refractivity contribution in [2.45, 2.75) is 38.2 Å². The lowest BCUT2D eigenvalue weighted by atomic mass is 9.80. The summed E-state index contributed by atoms with van der Waals surface area (Å²) in [5.74, 6) is 0.574. The predicted molar refractivity (Wildman–Crippen MR) is 94.5 cm³/mol. The zero-order valence-electron chi connectivity index (χ0n) is 13.8. The fraction of sp³-hybridized carbons (Fsp3) is 0.429. The summed E-state index contributed by atoms with van der Waals surface area (Å²) < 4.78 is 5.42. The van der Waals surface area contributed by atoms with E-state index in [4.69, 9.17) is 4.74 Å². The van der Waals surface area contributed by atoms with Crippen molar-refractivity contribution in [1.29, 1.82) is 0 Å². The van der Waals surface area contributed by atoms with Gasteiger partial charge in [0, 0.05) is 19.1 Å². The number of benzene rings is 2. The quantitative estimate of drug-likeness (QED) is 0.872. The van der Waals surface area contributed by atoms with E-state index >= 15 is 0 Å². The highest BCUT2D eigenvalue weighted by Crippen LogP contribution is 2.33. The first-order chi connectivity index (χ1) is 11.3. The van der Waals surface area contributed by atoms with Crippen molar-refractivity contribution in [2.75, 3.05) is 13.2 Å². The van der Waals surface area contributed by atoms with Gasteiger partial charge in [-0.1, -0.05) is 61.5 Å². The minimum atomic E-state index is -0.272. The molecule has 2 heteroatoms. The molecule has 2 aromatic carbocycles. The molecule has 1 aliphatic heterocycles. The first-order valence-corrected chi connectivity index (χ1v) is 8.70. The van der Waals surface area contributed by atoms with Crippen LogP contribution in [0.4, 0.5) is 0 Å². The van der Waals surface area contributed by atoms with Gasteiger partial charge in [-0.3, -0.25) is 0 Å². The van der Waals surface area contributed by atoms with Gasteiger partial charge >= 0.3 is 0 Å². The van der Waals surface area contributed by atoms with Gasteiger partial charge in [-0.2, -0.15) is 0 Å². The summed E-state index contributed by atoms with van der Waals surface area (Å²) in [4.78, 5) is 0. The van der Waals surface area contributed by atoms with E-state index in [9.17, 15) is 5.11 Å². The zero-order valence-corrected chi connectivity index (χ0v) is 13.8. The van der Waals surface area contributed by atoms with Crippen LogP contribution in [-0.4, -0.2) is 24.4 Å². The molecule has 1 fully saturated rings. The molecule has 2 nitrogen and oxygen atoms in total. The Kier molecular flexibility index (Phi) is 5.47. The molecule has 0 aliphatic carbocycles. The summed E-state index contributed by atoms with van der Waals surface area (Å²) in [6.45, 7) is 3.73. The first-order valence-electron chi connectivity index (χ1n) is 8.70. The molecule has 1 N–H and O–H groups in total. The van der Waals surface area contributed by atoms with Crippen molar-refractivity contribution in [1.82, 2.24) is 0 Å². The van der Waals surface area contributed by atoms with Crippen LogP contribution in [0.2, 0.25) is 0 Å². The van der Waals surface area contributed by atoms with Crippen LogP contribution in [0.5, 0.6) is 0 Å². The molecule has 1 heterocycles. The molecule has 122 valence electrons. The van der Waals surface area contributed by atoms with Crippen LogP contribution in [0, 0.1) is 5.92 Å². The zero-order chi connectivity index (χ0) is 16.1. The summed E-state index contributed by atoms with van der Waals surface area (Å²) in [5.41, 5.74) is 3.70. The van der Waals surface area contributed by atoms with Crippen LogP contribution in [0.25, 0.3) is 11.1 Å². The lowest BCUT2D eigenvalue weighted by Gasteiger charge is -2.32. The van der Waals surface area contributed by atoms with E-state index in [1.165, 1.54) is 16.7 Å².